The third-order valence-corrected chi connectivity index (χ3v) is 6.96. The largest absolute Gasteiger partial charge is 0.444 e. The highest BCUT2D eigenvalue weighted by Gasteiger charge is 2.37. The molecule has 0 bridgehead atoms. The molecule has 0 radical (unpaired) electrons. The summed E-state index contributed by atoms with van der Waals surface area (Å²) in [5.41, 5.74) is 3.84. The van der Waals surface area contributed by atoms with E-state index in [1.807, 2.05) is 63.4 Å². The van der Waals surface area contributed by atoms with Gasteiger partial charge >= 0.3 is 6.09 Å². The van der Waals surface area contributed by atoms with Crippen molar-refractivity contribution in [2.45, 2.75) is 70.1 Å². The summed E-state index contributed by atoms with van der Waals surface area (Å²) in [4.78, 5) is 12.4. The minimum absolute atomic E-state index is 0.177. The summed E-state index contributed by atoms with van der Waals surface area (Å²) in [6, 6.07) is 18.7. The highest BCUT2D eigenvalue weighted by Crippen LogP contribution is 2.40. The lowest BCUT2D eigenvalue weighted by Gasteiger charge is -2.41. The minimum atomic E-state index is -0.528. The normalized spacial score (nSPS) is 20.4. The lowest BCUT2D eigenvalue weighted by atomic mass is 9.68. The van der Waals surface area contributed by atoms with Gasteiger partial charge < -0.3 is 15.4 Å². The molecule has 1 aliphatic rings. The van der Waals surface area contributed by atoms with Crippen LogP contribution in [-0.2, 0) is 16.7 Å². The number of rotatable bonds is 7. The van der Waals surface area contributed by atoms with E-state index in [0.717, 1.165) is 49.0 Å². The highest BCUT2D eigenvalue weighted by molar-refractivity contribution is 6.30. The molecule has 2 aromatic carbocycles. The zero-order chi connectivity index (χ0) is 24.9. The molecule has 3 N–H and O–H groups in total. The number of amides is 1. The molecule has 0 spiro atoms. The van der Waals surface area contributed by atoms with Gasteiger partial charge in [0.1, 0.15) is 5.60 Å². The van der Waals surface area contributed by atoms with Gasteiger partial charge in [-0.25, -0.2) is 4.79 Å². The summed E-state index contributed by atoms with van der Waals surface area (Å²) >= 11 is 6.34. The molecule has 1 amide bonds. The van der Waals surface area contributed by atoms with E-state index in [2.05, 4.69) is 39.0 Å². The number of H-pyrrole nitrogens is 1. The first-order valence-corrected chi connectivity index (χ1v) is 12.7. The summed E-state index contributed by atoms with van der Waals surface area (Å²) in [6.45, 7) is 6.88. The van der Waals surface area contributed by atoms with Crippen molar-refractivity contribution in [3.63, 3.8) is 0 Å². The van der Waals surface area contributed by atoms with Gasteiger partial charge in [0.25, 0.3) is 0 Å². The van der Waals surface area contributed by atoms with Crippen molar-refractivity contribution >= 4 is 17.7 Å². The second kappa shape index (κ2) is 10.8. The first-order chi connectivity index (χ1) is 16.7. The van der Waals surface area contributed by atoms with E-state index in [-0.39, 0.29) is 11.5 Å². The quantitative estimate of drug-likeness (QED) is 0.364. The number of halogens is 1. The zero-order valence-electron chi connectivity index (χ0n) is 20.7. The van der Waals surface area contributed by atoms with Gasteiger partial charge in [-0.2, -0.15) is 5.10 Å². The molecule has 1 aromatic heterocycles. The molecule has 35 heavy (non-hydrogen) atoms. The number of aromatic nitrogens is 2. The minimum Gasteiger partial charge on any atom is -0.444 e. The molecule has 6 nitrogen and oxygen atoms in total. The van der Waals surface area contributed by atoms with Gasteiger partial charge in [0, 0.05) is 35.1 Å². The van der Waals surface area contributed by atoms with Crippen molar-refractivity contribution in [1.82, 2.24) is 20.8 Å². The maximum atomic E-state index is 12.4. The van der Waals surface area contributed by atoms with Gasteiger partial charge in [0.2, 0.25) is 0 Å². The van der Waals surface area contributed by atoms with Crippen molar-refractivity contribution in [3.05, 3.63) is 77.1 Å². The lowest BCUT2D eigenvalue weighted by molar-refractivity contribution is 0.0506. The second-order valence-electron chi connectivity index (χ2n) is 10.4. The van der Waals surface area contributed by atoms with E-state index in [9.17, 15) is 4.79 Å². The van der Waals surface area contributed by atoms with Crippen LogP contribution in [0.1, 0.15) is 57.7 Å². The van der Waals surface area contributed by atoms with Crippen LogP contribution < -0.4 is 10.6 Å². The van der Waals surface area contributed by atoms with Crippen LogP contribution in [0.4, 0.5) is 4.79 Å². The Morgan fingerprint density at radius 3 is 2.57 bits per heavy atom. The molecule has 3 aromatic rings. The number of carbonyl (C=O) groups excluding carboxylic acids is 1. The Morgan fingerprint density at radius 2 is 1.89 bits per heavy atom. The van der Waals surface area contributed by atoms with E-state index in [1.165, 1.54) is 5.56 Å². The topological polar surface area (TPSA) is 79.0 Å². The number of benzene rings is 2. The number of aromatic amines is 1. The molecule has 186 valence electrons. The Bertz CT molecular complexity index is 1120. The Labute approximate surface area is 212 Å². The van der Waals surface area contributed by atoms with Crippen molar-refractivity contribution in [1.29, 1.82) is 0 Å². The number of alkyl carbamates (subject to hydrolysis) is 1. The Balaban J connectivity index is 1.40. The summed E-state index contributed by atoms with van der Waals surface area (Å²) in [6.07, 6.45) is 5.38. The van der Waals surface area contributed by atoms with Crippen molar-refractivity contribution in [2.75, 3.05) is 6.54 Å². The third-order valence-electron chi connectivity index (χ3n) is 6.72. The standard InChI is InChI=1S/C28H35ClN4O2/c1-27(2,3)35-26(34)31-19-28(21-10-7-11-22(29)16-21)14-12-23(13-15-28)30-18-25-24(17-32-33-25)20-8-5-4-6-9-20/h4-11,16-17,23,30H,12-15,18-19H2,1-3H3,(H,31,34)(H,32,33). The van der Waals surface area contributed by atoms with Crippen molar-refractivity contribution < 1.29 is 9.53 Å². The summed E-state index contributed by atoms with van der Waals surface area (Å²) in [7, 11) is 0. The summed E-state index contributed by atoms with van der Waals surface area (Å²) in [5.74, 6) is 0. The Hall–Kier alpha value is -2.83. The fraction of sp³-hybridized carbons (Fsp3) is 0.429. The molecular formula is C28H35ClN4O2. The van der Waals surface area contributed by atoms with Gasteiger partial charge in [-0.15, -0.1) is 0 Å². The van der Waals surface area contributed by atoms with Gasteiger partial charge in [-0.05, 0) is 69.7 Å². The molecule has 0 atom stereocenters. The van der Waals surface area contributed by atoms with Crippen LogP contribution in [-0.4, -0.2) is 34.5 Å². The van der Waals surface area contributed by atoms with E-state index in [1.54, 1.807) is 0 Å². The predicted octanol–water partition coefficient (Wildman–Crippen LogP) is 6.23. The SMILES string of the molecule is CC(C)(C)OC(=O)NCC1(c2cccc(Cl)c2)CCC(NCc2[nH]ncc2-c2ccccc2)CC1. The monoisotopic (exact) mass is 494 g/mol. The van der Waals surface area contributed by atoms with Crippen LogP contribution in [0.5, 0.6) is 0 Å². The fourth-order valence-electron chi connectivity index (χ4n) is 4.88. The van der Waals surface area contributed by atoms with Crippen LogP contribution in [0.15, 0.2) is 60.8 Å². The number of nitrogens with one attached hydrogen (secondary N) is 3. The van der Waals surface area contributed by atoms with Crippen LogP contribution in [0, 0.1) is 0 Å². The van der Waals surface area contributed by atoms with E-state index in [0.29, 0.717) is 17.6 Å². The second-order valence-corrected chi connectivity index (χ2v) is 10.9. The first-order valence-electron chi connectivity index (χ1n) is 12.3. The van der Waals surface area contributed by atoms with Gasteiger partial charge in [-0.1, -0.05) is 54.1 Å². The van der Waals surface area contributed by atoms with E-state index >= 15 is 0 Å². The number of carbonyl (C=O) groups is 1. The van der Waals surface area contributed by atoms with Crippen LogP contribution in [0.25, 0.3) is 11.1 Å². The molecule has 0 aliphatic heterocycles. The van der Waals surface area contributed by atoms with Crippen molar-refractivity contribution in [2.24, 2.45) is 0 Å². The molecule has 1 fully saturated rings. The summed E-state index contributed by atoms with van der Waals surface area (Å²) in [5, 5.41) is 14.9. The summed E-state index contributed by atoms with van der Waals surface area (Å²) < 4.78 is 5.48. The van der Waals surface area contributed by atoms with Gasteiger partial charge in [0.05, 0.1) is 11.9 Å². The van der Waals surface area contributed by atoms with Gasteiger partial charge in [-0.3, -0.25) is 5.10 Å². The molecular weight excluding hydrogens is 460 g/mol. The molecule has 0 saturated heterocycles. The van der Waals surface area contributed by atoms with Crippen LogP contribution >= 0.6 is 11.6 Å². The number of hydrogen-bond acceptors (Lipinski definition) is 4. The third kappa shape index (κ3) is 6.65. The fourth-order valence-corrected chi connectivity index (χ4v) is 5.07. The Morgan fingerprint density at radius 1 is 1.14 bits per heavy atom. The molecule has 1 saturated carbocycles. The predicted molar refractivity (Wildman–Crippen MR) is 140 cm³/mol. The van der Waals surface area contributed by atoms with Crippen LogP contribution in [0.2, 0.25) is 5.02 Å². The maximum Gasteiger partial charge on any atom is 0.407 e. The van der Waals surface area contributed by atoms with Crippen LogP contribution in [0.3, 0.4) is 0 Å². The lowest BCUT2D eigenvalue weighted by Crippen LogP contribution is -2.47. The first kappa shape index (κ1) is 25.3. The average Bonchev–Trinajstić information content (AvgIpc) is 3.30. The number of ether oxygens (including phenoxy) is 1. The Kier molecular flexibility index (Phi) is 7.82. The number of hydrogen-bond donors (Lipinski definition) is 3. The number of nitrogens with zero attached hydrogens (tertiary/aromatic N) is 1. The maximum absolute atomic E-state index is 12.4. The van der Waals surface area contributed by atoms with Gasteiger partial charge in [0.15, 0.2) is 0 Å². The van der Waals surface area contributed by atoms with E-state index < -0.39 is 5.60 Å². The molecule has 0 unspecified atom stereocenters. The molecule has 7 heteroatoms. The zero-order valence-corrected chi connectivity index (χ0v) is 21.5. The average molecular weight is 495 g/mol. The smallest absolute Gasteiger partial charge is 0.407 e. The molecule has 4 rings (SSSR count). The van der Waals surface area contributed by atoms with E-state index in [4.69, 9.17) is 16.3 Å². The molecule has 1 aliphatic carbocycles. The molecule has 1 heterocycles. The highest BCUT2D eigenvalue weighted by atomic mass is 35.5. The van der Waals surface area contributed by atoms with Crippen molar-refractivity contribution in [3.8, 4) is 11.1 Å².